The van der Waals surface area contributed by atoms with Crippen LogP contribution in [-0.4, -0.2) is 14.2 Å². The van der Waals surface area contributed by atoms with Crippen LogP contribution in [0.4, 0.5) is 11.4 Å². The molecule has 2 N–H and O–H groups in total. The van der Waals surface area contributed by atoms with Crippen LogP contribution in [0.2, 0.25) is 5.02 Å². The fourth-order valence-electron chi connectivity index (χ4n) is 1.99. The normalized spacial score (nSPS) is 10.4. The second-order valence-corrected chi connectivity index (χ2v) is 5.81. The van der Waals surface area contributed by atoms with Gasteiger partial charge in [-0.1, -0.05) is 27.5 Å². The third-order valence-corrected chi connectivity index (χ3v) is 4.07. The third kappa shape index (κ3) is 3.38. The number of ether oxygens (including phenoxy) is 1. The number of benzene rings is 2. The quantitative estimate of drug-likeness (QED) is 0.830. The predicted octanol–water partition coefficient (Wildman–Crippen LogP) is 4.33. The minimum atomic E-state index is 0.672. The van der Waals surface area contributed by atoms with Gasteiger partial charge in [-0.05, 0) is 42.0 Å². The average Bonchev–Trinajstić information content (AvgIpc) is 2.43. The predicted molar refractivity (Wildman–Crippen MR) is 88.7 cm³/mol. The number of nitrogen functional groups attached to an aromatic ring is 1. The number of hydrogen-bond acceptors (Lipinski definition) is 3. The van der Waals surface area contributed by atoms with E-state index in [9.17, 15) is 0 Å². The molecule has 0 fully saturated rings. The molecule has 2 rings (SSSR count). The monoisotopic (exact) mass is 354 g/mol. The van der Waals surface area contributed by atoms with Crippen molar-refractivity contribution >= 4 is 38.9 Å². The van der Waals surface area contributed by atoms with Gasteiger partial charge in [0.05, 0.1) is 18.5 Å². The number of anilines is 2. The molecule has 0 saturated heterocycles. The minimum Gasteiger partial charge on any atom is -0.497 e. The van der Waals surface area contributed by atoms with E-state index in [1.807, 2.05) is 37.4 Å². The van der Waals surface area contributed by atoms with Crippen LogP contribution < -0.4 is 15.4 Å². The molecular formula is C15H16BrClN2O. The van der Waals surface area contributed by atoms with Crippen LogP contribution in [0.5, 0.6) is 5.75 Å². The molecule has 3 nitrogen and oxygen atoms in total. The number of hydrogen-bond donors (Lipinski definition) is 1. The molecule has 0 radical (unpaired) electrons. The fourth-order valence-corrected chi connectivity index (χ4v) is 2.53. The Morgan fingerprint density at radius 1 is 1.25 bits per heavy atom. The first kappa shape index (κ1) is 15.0. The van der Waals surface area contributed by atoms with Gasteiger partial charge in [-0.15, -0.1) is 0 Å². The number of rotatable bonds is 4. The van der Waals surface area contributed by atoms with Gasteiger partial charge < -0.3 is 15.4 Å². The van der Waals surface area contributed by atoms with Gasteiger partial charge in [0, 0.05) is 23.1 Å². The Morgan fingerprint density at radius 3 is 2.70 bits per heavy atom. The summed E-state index contributed by atoms with van der Waals surface area (Å²) >= 11 is 9.59. The highest BCUT2D eigenvalue weighted by Gasteiger charge is 2.10. The highest BCUT2D eigenvalue weighted by Crippen LogP contribution is 2.29. The van der Waals surface area contributed by atoms with Crippen LogP contribution in [-0.2, 0) is 6.54 Å². The molecule has 0 bridgehead atoms. The van der Waals surface area contributed by atoms with Crippen molar-refractivity contribution in [1.82, 2.24) is 0 Å². The van der Waals surface area contributed by atoms with Crippen LogP contribution in [0.3, 0.4) is 0 Å². The van der Waals surface area contributed by atoms with Gasteiger partial charge in [0.1, 0.15) is 5.75 Å². The molecule has 0 atom stereocenters. The first-order chi connectivity index (χ1) is 9.51. The summed E-state index contributed by atoms with van der Waals surface area (Å²) < 4.78 is 6.29. The lowest BCUT2D eigenvalue weighted by Gasteiger charge is -2.22. The van der Waals surface area contributed by atoms with E-state index >= 15 is 0 Å². The maximum Gasteiger partial charge on any atom is 0.119 e. The Bertz CT molecular complexity index is 619. The van der Waals surface area contributed by atoms with E-state index in [2.05, 4.69) is 20.8 Å². The Kier molecular flexibility index (Phi) is 4.78. The summed E-state index contributed by atoms with van der Waals surface area (Å²) in [5.41, 5.74) is 8.73. The highest BCUT2D eigenvalue weighted by molar-refractivity contribution is 9.10. The first-order valence-corrected chi connectivity index (χ1v) is 7.27. The van der Waals surface area contributed by atoms with Crippen molar-refractivity contribution in [2.24, 2.45) is 0 Å². The second-order valence-electron chi connectivity index (χ2n) is 4.52. The van der Waals surface area contributed by atoms with Crippen molar-refractivity contribution in [3.05, 3.63) is 51.5 Å². The summed E-state index contributed by atoms with van der Waals surface area (Å²) in [7, 11) is 3.64. The van der Waals surface area contributed by atoms with Crippen molar-refractivity contribution in [1.29, 1.82) is 0 Å². The zero-order chi connectivity index (χ0) is 14.7. The van der Waals surface area contributed by atoms with Gasteiger partial charge in [-0.2, -0.15) is 0 Å². The van der Waals surface area contributed by atoms with E-state index in [1.54, 1.807) is 13.2 Å². The van der Waals surface area contributed by atoms with Crippen molar-refractivity contribution in [2.45, 2.75) is 6.54 Å². The smallest absolute Gasteiger partial charge is 0.119 e. The molecule has 0 heterocycles. The first-order valence-electron chi connectivity index (χ1n) is 6.10. The van der Waals surface area contributed by atoms with E-state index in [-0.39, 0.29) is 0 Å². The summed E-state index contributed by atoms with van der Waals surface area (Å²) in [6.45, 7) is 0.697. The van der Waals surface area contributed by atoms with E-state index < -0.39 is 0 Å². The second kappa shape index (κ2) is 6.37. The van der Waals surface area contributed by atoms with Crippen molar-refractivity contribution in [3.63, 3.8) is 0 Å². The minimum absolute atomic E-state index is 0.672. The molecule has 0 amide bonds. The summed E-state index contributed by atoms with van der Waals surface area (Å²) in [4.78, 5) is 2.06. The number of halogens is 2. The summed E-state index contributed by atoms with van der Waals surface area (Å²) in [6.07, 6.45) is 0. The van der Waals surface area contributed by atoms with Gasteiger partial charge in [0.2, 0.25) is 0 Å². The van der Waals surface area contributed by atoms with E-state index in [4.69, 9.17) is 22.1 Å². The van der Waals surface area contributed by atoms with Gasteiger partial charge >= 0.3 is 0 Å². The topological polar surface area (TPSA) is 38.5 Å². The summed E-state index contributed by atoms with van der Waals surface area (Å²) in [5.74, 6) is 0.829. The van der Waals surface area contributed by atoms with Crippen LogP contribution in [0.15, 0.2) is 40.9 Å². The molecule has 0 spiro atoms. The third-order valence-electron chi connectivity index (χ3n) is 3.06. The van der Waals surface area contributed by atoms with Crippen LogP contribution in [0.1, 0.15) is 5.56 Å². The number of nitrogens with two attached hydrogens (primary N) is 1. The van der Waals surface area contributed by atoms with E-state index in [1.165, 1.54) is 0 Å². The Morgan fingerprint density at radius 2 is 2.00 bits per heavy atom. The molecule has 0 aromatic heterocycles. The molecule has 20 heavy (non-hydrogen) atoms. The Hall–Kier alpha value is -1.39. The summed E-state index contributed by atoms with van der Waals surface area (Å²) in [6, 6.07) is 11.4. The van der Waals surface area contributed by atoms with Crippen molar-refractivity contribution < 1.29 is 4.74 Å². The maximum absolute atomic E-state index is 6.03. The standard InChI is InChI=1S/C15H16BrClN2O/c1-19(15-8-11(17)3-6-14(15)18)9-10-7-12(20-2)4-5-13(10)16/h3-8H,9,18H2,1-2H3. The van der Waals surface area contributed by atoms with Crippen LogP contribution in [0.25, 0.3) is 0 Å². The molecule has 0 aliphatic carbocycles. The van der Waals surface area contributed by atoms with Crippen molar-refractivity contribution in [2.75, 3.05) is 24.8 Å². The average molecular weight is 356 g/mol. The summed E-state index contributed by atoms with van der Waals surface area (Å²) in [5, 5.41) is 0.672. The van der Waals surface area contributed by atoms with Gasteiger partial charge in [0.25, 0.3) is 0 Å². The maximum atomic E-state index is 6.03. The highest BCUT2D eigenvalue weighted by atomic mass is 79.9. The number of methoxy groups -OCH3 is 1. The molecular weight excluding hydrogens is 340 g/mol. The fraction of sp³-hybridized carbons (Fsp3) is 0.200. The lowest BCUT2D eigenvalue weighted by atomic mass is 10.2. The molecule has 2 aromatic carbocycles. The molecule has 0 aliphatic rings. The molecule has 5 heteroatoms. The molecule has 106 valence electrons. The van der Waals surface area contributed by atoms with Crippen LogP contribution in [0, 0.1) is 0 Å². The molecule has 0 aliphatic heterocycles. The van der Waals surface area contributed by atoms with E-state index in [0.717, 1.165) is 21.5 Å². The van der Waals surface area contributed by atoms with Gasteiger partial charge in [0.15, 0.2) is 0 Å². The lowest BCUT2D eigenvalue weighted by Crippen LogP contribution is -2.18. The molecule has 2 aromatic rings. The van der Waals surface area contributed by atoms with E-state index in [0.29, 0.717) is 17.3 Å². The Labute approximate surface area is 132 Å². The largest absolute Gasteiger partial charge is 0.497 e. The van der Waals surface area contributed by atoms with Gasteiger partial charge in [-0.25, -0.2) is 0 Å². The van der Waals surface area contributed by atoms with Gasteiger partial charge in [-0.3, -0.25) is 0 Å². The number of nitrogens with zero attached hydrogens (tertiary/aromatic N) is 1. The zero-order valence-corrected chi connectivity index (χ0v) is 13.7. The lowest BCUT2D eigenvalue weighted by molar-refractivity contribution is 0.414. The van der Waals surface area contributed by atoms with Crippen molar-refractivity contribution in [3.8, 4) is 5.75 Å². The molecule has 0 unspecified atom stereocenters. The SMILES string of the molecule is COc1ccc(Br)c(CN(C)c2cc(Cl)ccc2N)c1. The van der Waals surface area contributed by atoms with Crippen LogP contribution >= 0.6 is 27.5 Å². The zero-order valence-electron chi connectivity index (χ0n) is 11.4. The molecule has 0 saturated carbocycles. The Balaban J connectivity index is 2.27.